The lowest BCUT2D eigenvalue weighted by Crippen LogP contribution is -2.43. The summed E-state index contributed by atoms with van der Waals surface area (Å²) in [6, 6.07) is 4.18. The Kier molecular flexibility index (Phi) is 7.53. The maximum atomic E-state index is 13.6. The Hall–Kier alpha value is -2.20. The molecule has 31 heavy (non-hydrogen) atoms. The number of halogens is 1. The first-order chi connectivity index (χ1) is 14.5. The number of carbonyl (C=O) groups is 1. The molecule has 2 aromatic heterocycles. The number of anilines is 1. The summed E-state index contributed by atoms with van der Waals surface area (Å²) in [6.07, 6.45) is 1.70. The van der Waals surface area contributed by atoms with E-state index in [0.29, 0.717) is 23.1 Å². The van der Waals surface area contributed by atoms with Gasteiger partial charge in [-0.3, -0.25) is 19.3 Å². The van der Waals surface area contributed by atoms with E-state index in [0.717, 1.165) is 48.6 Å². The van der Waals surface area contributed by atoms with Crippen molar-refractivity contribution in [3.8, 4) is 5.88 Å². The highest BCUT2D eigenvalue weighted by Crippen LogP contribution is 2.33. The van der Waals surface area contributed by atoms with Crippen LogP contribution in [0.4, 0.5) is 5.13 Å². The van der Waals surface area contributed by atoms with Crippen molar-refractivity contribution in [2.24, 2.45) is 7.05 Å². The number of hydrogen-bond acceptors (Lipinski definition) is 7. The van der Waals surface area contributed by atoms with E-state index in [1.54, 1.807) is 34.2 Å². The third-order valence-electron chi connectivity index (χ3n) is 5.51. The minimum Gasteiger partial charge on any atom is -0.479 e. The Balaban J connectivity index is 0.00000272. The standard InChI is InChI=1S/C21H27N5O3S.ClH/c1-14-5-6-17-18(15(14)2)22-21(30-17)26(8-7-25-9-11-29-12-10-25)20(27)16-13-24(3)23-19(16)28-4;/h5-6,13H,7-12H2,1-4H3;1H. The SMILES string of the molecule is COc1nn(C)cc1C(=O)N(CCN1CCOCC1)c1nc2c(C)c(C)ccc2s1.Cl. The fraction of sp³-hybridized carbons (Fsp3) is 0.476. The van der Waals surface area contributed by atoms with Gasteiger partial charge in [0.15, 0.2) is 5.13 Å². The van der Waals surface area contributed by atoms with Gasteiger partial charge < -0.3 is 9.47 Å². The fourth-order valence-corrected chi connectivity index (χ4v) is 4.64. The molecule has 1 aliphatic rings. The van der Waals surface area contributed by atoms with Crippen LogP contribution >= 0.6 is 23.7 Å². The maximum absolute atomic E-state index is 13.6. The number of morpholine rings is 1. The number of rotatable bonds is 6. The highest BCUT2D eigenvalue weighted by molar-refractivity contribution is 7.22. The zero-order chi connectivity index (χ0) is 21.3. The number of aryl methyl sites for hydroxylation is 3. The number of benzene rings is 1. The molecule has 3 heterocycles. The first kappa shape index (κ1) is 23.5. The second-order valence-electron chi connectivity index (χ2n) is 7.49. The van der Waals surface area contributed by atoms with Crippen LogP contribution in [-0.4, -0.2) is 72.1 Å². The van der Waals surface area contributed by atoms with Crippen LogP contribution in [0.5, 0.6) is 5.88 Å². The molecule has 0 saturated carbocycles. The van der Waals surface area contributed by atoms with Gasteiger partial charge in [0.25, 0.3) is 5.91 Å². The Bertz CT molecular complexity index is 1060. The van der Waals surface area contributed by atoms with Gasteiger partial charge in [-0.25, -0.2) is 4.98 Å². The summed E-state index contributed by atoms with van der Waals surface area (Å²) >= 11 is 1.54. The van der Waals surface area contributed by atoms with Crippen LogP contribution in [0, 0.1) is 13.8 Å². The van der Waals surface area contributed by atoms with Crippen molar-refractivity contribution in [1.82, 2.24) is 19.7 Å². The van der Waals surface area contributed by atoms with Crippen molar-refractivity contribution in [1.29, 1.82) is 0 Å². The van der Waals surface area contributed by atoms with Gasteiger partial charge in [0.05, 0.1) is 30.5 Å². The van der Waals surface area contributed by atoms with E-state index in [1.165, 1.54) is 12.7 Å². The first-order valence-electron chi connectivity index (χ1n) is 10.0. The van der Waals surface area contributed by atoms with E-state index in [9.17, 15) is 4.79 Å². The molecule has 0 unspecified atom stereocenters. The van der Waals surface area contributed by atoms with Crippen molar-refractivity contribution in [2.75, 3.05) is 51.4 Å². The van der Waals surface area contributed by atoms with Gasteiger partial charge in [0.1, 0.15) is 5.56 Å². The number of ether oxygens (including phenoxy) is 2. The molecule has 0 atom stereocenters. The van der Waals surface area contributed by atoms with Crippen LogP contribution in [0.2, 0.25) is 0 Å². The van der Waals surface area contributed by atoms with E-state index < -0.39 is 0 Å². The molecule has 1 aliphatic heterocycles. The molecule has 1 saturated heterocycles. The van der Waals surface area contributed by atoms with Crippen LogP contribution in [0.25, 0.3) is 10.2 Å². The average molecular weight is 466 g/mol. The molecule has 1 fully saturated rings. The molecular formula is C21H28ClN5O3S. The van der Waals surface area contributed by atoms with Crippen molar-refractivity contribution in [3.05, 3.63) is 35.0 Å². The molecular weight excluding hydrogens is 438 g/mol. The van der Waals surface area contributed by atoms with E-state index >= 15 is 0 Å². The van der Waals surface area contributed by atoms with Gasteiger partial charge in [0, 0.05) is 39.4 Å². The third kappa shape index (κ3) is 4.85. The van der Waals surface area contributed by atoms with Crippen LogP contribution in [-0.2, 0) is 11.8 Å². The molecule has 0 bridgehead atoms. The average Bonchev–Trinajstić information content (AvgIpc) is 3.35. The lowest BCUT2D eigenvalue weighted by Gasteiger charge is -2.29. The van der Waals surface area contributed by atoms with E-state index in [2.05, 4.69) is 36.0 Å². The Morgan fingerprint density at radius 3 is 2.74 bits per heavy atom. The van der Waals surface area contributed by atoms with Crippen molar-refractivity contribution >= 4 is 45.0 Å². The van der Waals surface area contributed by atoms with Crippen LogP contribution in [0.15, 0.2) is 18.3 Å². The predicted molar refractivity (Wildman–Crippen MR) is 125 cm³/mol. The minimum absolute atomic E-state index is 0. The van der Waals surface area contributed by atoms with Crippen molar-refractivity contribution in [2.45, 2.75) is 13.8 Å². The highest BCUT2D eigenvalue weighted by Gasteiger charge is 2.27. The van der Waals surface area contributed by atoms with E-state index in [4.69, 9.17) is 14.5 Å². The van der Waals surface area contributed by atoms with Gasteiger partial charge in [-0.15, -0.1) is 17.5 Å². The molecule has 0 aliphatic carbocycles. The number of nitrogens with zero attached hydrogens (tertiary/aromatic N) is 5. The number of aromatic nitrogens is 3. The fourth-order valence-electron chi connectivity index (χ4n) is 3.59. The third-order valence-corrected chi connectivity index (χ3v) is 6.56. The van der Waals surface area contributed by atoms with Gasteiger partial charge in [0.2, 0.25) is 5.88 Å². The molecule has 10 heteroatoms. The molecule has 168 valence electrons. The zero-order valence-corrected chi connectivity index (χ0v) is 19.9. The van der Waals surface area contributed by atoms with E-state index in [-0.39, 0.29) is 18.3 Å². The first-order valence-corrected chi connectivity index (χ1v) is 10.9. The molecule has 3 aromatic rings. The maximum Gasteiger partial charge on any atom is 0.267 e. The summed E-state index contributed by atoms with van der Waals surface area (Å²) in [5.74, 6) is 0.175. The predicted octanol–water partition coefficient (Wildman–Crippen LogP) is 3.06. The number of fused-ring (bicyclic) bond motifs is 1. The quantitative estimate of drug-likeness (QED) is 0.557. The molecule has 1 amide bonds. The smallest absolute Gasteiger partial charge is 0.267 e. The summed E-state index contributed by atoms with van der Waals surface area (Å²) in [7, 11) is 3.31. The van der Waals surface area contributed by atoms with Crippen LogP contribution in [0.1, 0.15) is 21.5 Å². The second-order valence-corrected chi connectivity index (χ2v) is 8.50. The summed E-state index contributed by atoms with van der Waals surface area (Å²) in [5.41, 5.74) is 3.74. The van der Waals surface area contributed by atoms with Crippen LogP contribution in [0.3, 0.4) is 0 Å². The van der Waals surface area contributed by atoms with Crippen molar-refractivity contribution < 1.29 is 14.3 Å². The Morgan fingerprint density at radius 2 is 2.03 bits per heavy atom. The lowest BCUT2D eigenvalue weighted by molar-refractivity contribution is 0.0391. The van der Waals surface area contributed by atoms with Gasteiger partial charge in [-0.2, -0.15) is 0 Å². The highest BCUT2D eigenvalue weighted by atomic mass is 35.5. The van der Waals surface area contributed by atoms with Gasteiger partial charge >= 0.3 is 0 Å². The molecule has 4 rings (SSSR count). The Morgan fingerprint density at radius 1 is 1.29 bits per heavy atom. The molecule has 0 N–H and O–H groups in total. The van der Waals surface area contributed by atoms with Crippen molar-refractivity contribution in [3.63, 3.8) is 0 Å². The number of hydrogen-bond donors (Lipinski definition) is 0. The number of amides is 1. The minimum atomic E-state index is -0.151. The van der Waals surface area contributed by atoms with E-state index in [1.807, 2.05) is 0 Å². The summed E-state index contributed by atoms with van der Waals surface area (Å²) in [4.78, 5) is 22.5. The van der Waals surface area contributed by atoms with Gasteiger partial charge in [-0.1, -0.05) is 17.4 Å². The second kappa shape index (κ2) is 9.95. The lowest BCUT2D eigenvalue weighted by atomic mass is 10.1. The normalized spacial score (nSPS) is 14.5. The summed E-state index contributed by atoms with van der Waals surface area (Å²) in [5, 5.41) is 4.94. The molecule has 1 aromatic carbocycles. The largest absolute Gasteiger partial charge is 0.479 e. The monoisotopic (exact) mass is 465 g/mol. The molecule has 8 nitrogen and oxygen atoms in total. The van der Waals surface area contributed by atoms with Gasteiger partial charge in [-0.05, 0) is 31.0 Å². The topological polar surface area (TPSA) is 72.7 Å². The zero-order valence-electron chi connectivity index (χ0n) is 18.3. The number of methoxy groups -OCH3 is 1. The number of thiazole rings is 1. The summed E-state index contributed by atoms with van der Waals surface area (Å²) in [6.45, 7) is 8.64. The Labute approximate surface area is 192 Å². The van der Waals surface area contributed by atoms with Crippen LogP contribution < -0.4 is 9.64 Å². The molecule has 0 spiro atoms. The summed E-state index contributed by atoms with van der Waals surface area (Å²) < 4.78 is 13.5. The molecule has 0 radical (unpaired) electrons. The number of carbonyl (C=O) groups excluding carboxylic acids is 1.